The zero-order valence-electron chi connectivity index (χ0n) is 13.5. The molecule has 0 aromatic carbocycles. The fourth-order valence-electron chi connectivity index (χ4n) is 3.02. The number of nitrogens with zero attached hydrogens (tertiary/aromatic N) is 3. The number of aliphatic hydroxyl groups is 4. The van der Waals surface area contributed by atoms with Gasteiger partial charge in [-0.2, -0.15) is 0 Å². The Morgan fingerprint density at radius 1 is 1.33 bits per heavy atom. The van der Waals surface area contributed by atoms with Crippen molar-refractivity contribution in [3.8, 4) is 0 Å². The standard InChI is InChI=1S/C15H21N3O6/c1-15(22)12(21)9(5-20)24-13(15)8-6-23-11-10(8)16-7-17-14(11)18(2)3-4-19/h6-7,9,12-13,19-22H,3-5H2,1-2H3/t9-,12-,13+,15-/m1/s1. The molecule has 0 saturated carbocycles. The normalized spacial score (nSPS) is 30.2. The molecule has 1 aliphatic heterocycles. The number of rotatable bonds is 5. The number of furan rings is 1. The van der Waals surface area contributed by atoms with Gasteiger partial charge in [0.05, 0.1) is 19.5 Å². The van der Waals surface area contributed by atoms with Crippen LogP contribution in [0.2, 0.25) is 0 Å². The van der Waals surface area contributed by atoms with Crippen molar-refractivity contribution in [2.75, 3.05) is 31.7 Å². The summed E-state index contributed by atoms with van der Waals surface area (Å²) in [6, 6.07) is 0. The highest BCUT2D eigenvalue weighted by molar-refractivity contribution is 5.86. The smallest absolute Gasteiger partial charge is 0.195 e. The van der Waals surface area contributed by atoms with Gasteiger partial charge in [0.15, 0.2) is 11.4 Å². The van der Waals surface area contributed by atoms with E-state index in [1.807, 2.05) is 0 Å². The first-order valence-electron chi connectivity index (χ1n) is 7.62. The first-order valence-corrected chi connectivity index (χ1v) is 7.62. The third kappa shape index (κ3) is 2.54. The highest BCUT2D eigenvalue weighted by Crippen LogP contribution is 2.44. The number of hydrogen-bond donors (Lipinski definition) is 4. The van der Waals surface area contributed by atoms with Crippen molar-refractivity contribution in [2.45, 2.75) is 30.8 Å². The molecule has 9 heteroatoms. The predicted octanol–water partition coefficient (Wildman–Crippen LogP) is -0.805. The molecule has 2 aromatic rings. The van der Waals surface area contributed by atoms with Gasteiger partial charge < -0.3 is 34.5 Å². The lowest BCUT2D eigenvalue weighted by atomic mass is 9.89. The Hall–Kier alpha value is -1.78. The lowest BCUT2D eigenvalue weighted by Gasteiger charge is -2.25. The topological polar surface area (TPSA) is 132 Å². The Morgan fingerprint density at radius 3 is 2.71 bits per heavy atom. The van der Waals surface area contributed by atoms with E-state index in [1.54, 1.807) is 11.9 Å². The highest BCUT2D eigenvalue weighted by Gasteiger charge is 2.53. The molecule has 24 heavy (non-hydrogen) atoms. The molecule has 0 aliphatic carbocycles. The minimum absolute atomic E-state index is 0.0413. The lowest BCUT2D eigenvalue weighted by molar-refractivity contribution is -0.0643. The summed E-state index contributed by atoms with van der Waals surface area (Å²) >= 11 is 0. The van der Waals surface area contributed by atoms with Crippen LogP contribution in [0.4, 0.5) is 5.82 Å². The van der Waals surface area contributed by atoms with Gasteiger partial charge in [-0.1, -0.05) is 0 Å². The molecule has 0 unspecified atom stereocenters. The van der Waals surface area contributed by atoms with E-state index in [4.69, 9.17) is 14.3 Å². The van der Waals surface area contributed by atoms with Gasteiger partial charge in [-0.15, -0.1) is 0 Å². The molecule has 2 aromatic heterocycles. The molecule has 0 bridgehead atoms. The van der Waals surface area contributed by atoms with E-state index in [-0.39, 0.29) is 6.61 Å². The second kappa shape index (κ2) is 6.26. The summed E-state index contributed by atoms with van der Waals surface area (Å²) in [5.74, 6) is 0.497. The number of aromatic nitrogens is 2. The zero-order chi connectivity index (χ0) is 17.5. The van der Waals surface area contributed by atoms with Gasteiger partial charge in [0, 0.05) is 19.2 Å². The maximum absolute atomic E-state index is 10.6. The van der Waals surface area contributed by atoms with E-state index >= 15 is 0 Å². The van der Waals surface area contributed by atoms with Crippen molar-refractivity contribution < 1.29 is 29.6 Å². The van der Waals surface area contributed by atoms with Crippen LogP contribution in [0.5, 0.6) is 0 Å². The van der Waals surface area contributed by atoms with Crippen LogP contribution in [0.25, 0.3) is 11.1 Å². The Kier molecular flexibility index (Phi) is 4.45. The maximum atomic E-state index is 10.6. The van der Waals surface area contributed by atoms with E-state index in [2.05, 4.69) is 9.97 Å². The summed E-state index contributed by atoms with van der Waals surface area (Å²) in [6.07, 6.45) is -0.281. The van der Waals surface area contributed by atoms with Crippen molar-refractivity contribution in [1.82, 2.24) is 9.97 Å². The minimum atomic E-state index is -1.60. The van der Waals surface area contributed by atoms with Crippen LogP contribution in [-0.4, -0.2) is 75.0 Å². The summed E-state index contributed by atoms with van der Waals surface area (Å²) in [5, 5.41) is 39.1. The molecule has 0 spiro atoms. The first-order chi connectivity index (χ1) is 11.4. The quantitative estimate of drug-likeness (QED) is 0.552. The average molecular weight is 339 g/mol. The summed E-state index contributed by atoms with van der Waals surface area (Å²) in [7, 11) is 1.76. The first kappa shape index (κ1) is 17.1. The molecule has 4 atom stereocenters. The van der Waals surface area contributed by atoms with Gasteiger partial charge in [-0.25, -0.2) is 9.97 Å². The monoisotopic (exact) mass is 339 g/mol. The van der Waals surface area contributed by atoms with E-state index in [0.29, 0.717) is 29.0 Å². The SMILES string of the molecule is CN(CCO)c1ncnc2c([C@@H]3O[C@H](CO)[C@@H](O)[C@@]3(C)O)coc12. The number of fused-ring (bicyclic) bond motifs is 1. The van der Waals surface area contributed by atoms with Gasteiger partial charge in [0.2, 0.25) is 0 Å². The molecule has 1 aliphatic rings. The average Bonchev–Trinajstić information content (AvgIpc) is 3.07. The second-order valence-corrected chi connectivity index (χ2v) is 6.12. The third-order valence-electron chi connectivity index (χ3n) is 4.41. The van der Waals surface area contributed by atoms with Crippen molar-refractivity contribution in [1.29, 1.82) is 0 Å². The van der Waals surface area contributed by atoms with Crippen molar-refractivity contribution in [3.05, 3.63) is 18.2 Å². The number of aliphatic hydroxyl groups excluding tert-OH is 3. The van der Waals surface area contributed by atoms with Crippen LogP contribution in [0.3, 0.4) is 0 Å². The van der Waals surface area contributed by atoms with E-state index in [0.717, 1.165) is 0 Å². The van der Waals surface area contributed by atoms with Gasteiger partial charge >= 0.3 is 0 Å². The van der Waals surface area contributed by atoms with Crippen LogP contribution in [0.1, 0.15) is 18.6 Å². The van der Waals surface area contributed by atoms with Crippen LogP contribution in [0.15, 0.2) is 17.0 Å². The van der Waals surface area contributed by atoms with E-state index < -0.39 is 30.5 Å². The summed E-state index contributed by atoms with van der Waals surface area (Å²) in [6.45, 7) is 1.35. The fraction of sp³-hybridized carbons (Fsp3) is 0.600. The Morgan fingerprint density at radius 2 is 2.08 bits per heavy atom. The second-order valence-electron chi connectivity index (χ2n) is 6.12. The largest absolute Gasteiger partial charge is 0.458 e. The van der Waals surface area contributed by atoms with E-state index in [1.165, 1.54) is 19.5 Å². The molecule has 1 fully saturated rings. The number of likely N-dealkylation sites (N-methyl/N-ethyl adjacent to an activating group) is 1. The van der Waals surface area contributed by atoms with E-state index in [9.17, 15) is 15.3 Å². The maximum Gasteiger partial charge on any atom is 0.195 e. The van der Waals surface area contributed by atoms with Gasteiger partial charge in [0.25, 0.3) is 0 Å². The van der Waals surface area contributed by atoms with Crippen molar-refractivity contribution >= 4 is 16.9 Å². The van der Waals surface area contributed by atoms with Crippen molar-refractivity contribution in [3.63, 3.8) is 0 Å². The lowest BCUT2D eigenvalue weighted by Crippen LogP contribution is -2.42. The van der Waals surface area contributed by atoms with Crippen LogP contribution in [0, 0.1) is 0 Å². The number of ether oxygens (including phenoxy) is 1. The number of anilines is 1. The van der Waals surface area contributed by atoms with Gasteiger partial charge in [-0.05, 0) is 6.92 Å². The molecular weight excluding hydrogens is 318 g/mol. The van der Waals surface area contributed by atoms with Crippen LogP contribution >= 0.6 is 0 Å². The van der Waals surface area contributed by atoms with Crippen LogP contribution < -0.4 is 4.90 Å². The highest BCUT2D eigenvalue weighted by atomic mass is 16.6. The Bertz CT molecular complexity index is 718. The molecule has 4 N–H and O–H groups in total. The molecule has 1 saturated heterocycles. The molecule has 132 valence electrons. The van der Waals surface area contributed by atoms with Crippen molar-refractivity contribution in [2.24, 2.45) is 0 Å². The Balaban J connectivity index is 2.04. The van der Waals surface area contributed by atoms with Gasteiger partial charge in [0.1, 0.15) is 35.8 Å². The number of hydrogen-bond acceptors (Lipinski definition) is 9. The summed E-state index contributed by atoms with van der Waals surface area (Å²) in [4.78, 5) is 10.1. The molecular formula is C15H21N3O6. The third-order valence-corrected chi connectivity index (χ3v) is 4.41. The summed E-state index contributed by atoms with van der Waals surface area (Å²) in [5.41, 5.74) is -0.302. The van der Waals surface area contributed by atoms with Crippen LogP contribution in [-0.2, 0) is 4.74 Å². The Labute approximate surface area is 138 Å². The minimum Gasteiger partial charge on any atom is -0.458 e. The van der Waals surface area contributed by atoms with Gasteiger partial charge in [-0.3, -0.25) is 0 Å². The molecule has 3 rings (SSSR count). The zero-order valence-corrected chi connectivity index (χ0v) is 13.5. The molecule has 3 heterocycles. The summed E-state index contributed by atoms with van der Waals surface area (Å²) < 4.78 is 11.2. The molecule has 0 amide bonds. The predicted molar refractivity (Wildman–Crippen MR) is 83.5 cm³/mol. The molecule has 0 radical (unpaired) electrons. The fourth-order valence-corrected chi connectivity index (χ4v) is 3.02. The molecule has 9 nitrogen and oxygen atoms in total.